The molecular formula is C19H19ClN4O2. The van der Waals surface area contributed by atoms with Gasteiger partial charge in [-0.2, -0.15) is 10.2 Å². The summed E-state index contributed by atoms with van der Waals surface area (Å²) < 4.78 is 5.79. The van der Waals surface area contributed by atoms with Gasteiger partial charge in [-0.25, -0.2) is 0 Å². The van der Waals surface area contributed by atoms with Crippen LogP contribution in [0.3, 0.4) is 0 Å². The third-order valence-corrected chi connectivity index (χ3v) is 4.61. The molecule has 0 N–H and O–H groups in total. The van der Waals surface area contributed by atoms with Crippen LogP contribution < -0.4 is 4.90 Å². The summed E-state index contributed by atoms with van der Waals surface area (Å²) in [5.41, 5.74) is 1.10. The second-order valence-corrected chi connectivity index (χ2v) is 6.30. The number of halogens is 1. The van der Waals surface area contributed by atoms with E-state index in [1.807, 2.05) is 34.9 Å². The Balaban J connectivity index is 1.75. The summed E-state index contributed by atoms with van der Waals surface area (Å²) >= 11 is 6.13. The van der Waals surface area contributed by atoms with Crippen LogP contribution in [0.15, 0.2) is 28.7 Å². The van der Waals surface area contributed by atoms with E-state index in [0.717, 1.165) is 5.56 Å². The van der Waals surface area contributed by atoms with Gasteiger partial charge in [0.25, 0.3) is 0 Å². The van der Waals surface area contributed by atoms with Crippen LogP contribution in [0.2, 0.25) is 5.02 Å². The van der Waals surface area contributed by atoms with Gasteiger partial charge in [-0.15, -0.1) is 0 Å². The molecule has 2 aromatic rings. The van der Waals surface area contributed by atoms with Crippen molar-refractivity contribution in [3.05, 3.63) is 46.4 Å². The molecule has 6 nitrogen and oxygen atoms in total. The Morgan fingerprint density at radius 1 is 1.31 bits per heavy atom. The molecule has 134 valence electrons. The molecule has 1 aliphatic heterocycles. The molecule has 0 unspecified atom stereocenters. The van der Waals surface area contributed by atoms with Crippen LogP contribution in [0.5, 0.6) is 0 Å². The zero-order valence-electron chi connectivity index (χ0n) is 14.5. The first-order valence-electron chi connectivity index (χ1n) is 8.48. The number of anilines is 1. The molecule has 7 heteroatoms. The standard InChI is InChI=1S/C19H19ClN4O2/c1-2-18(25)23-9-11-24(12-10-23)19-16(13-21)22-17(26-19)8-7-14-5-3-4-6-15(14)20/h3-8H,2,9-12H2,1H3/b8-7+. The largest absolute Gasteiger partial charge is 0.420 e. The average Bonchev–Trinajstić information content (AvgIpc) is 3.10. The molecule has 0 spiro atoms. The topological polar surface area (TPSA) is 73.4 Å². The minimum absolute atomic E-state index is 0.145. The SMILES string of the molecule is CCC(=O)N1CCN(c2oc(/C=C/c3ccccc3Cl)nc2C#N)CC1. The van der Waals surface area contributed by atoms with E-state index in [1.54, 1.807) is 18.2 Å². The molecule has 1 aromatic heterocycles. The maximum absolute atomic E-state index is 11.8. The van der Waals surface area contributed by atoms with E-state index in [1.165, 1.54) is 0 Å². The van der Waals surface area contributed by atoms with Gasteiger partial charge >= 0.3 is 0 Å². The predicted molar refractivity (Wildman–Crippen MR) is 101 cm³/mol. The maximum Gasteiger partial charge on any atom is 0.235 e. The molecule has 0 aliphatic carbocycles. The van der Waals surface area contributed by atoms with Crippen LogP contribution in [0.1, 0.15) is 30.5 Å². The fourth-order valence-electron chi connectivity index (χ4n) is 2.84. The Hall–Kier alpha value is -2.78. The first-order chi connectivity index (χ1) is 12.6. The molecule has 0 bridgehead atoms. The Morgan fingerprint density at radius 2 is 2.04 bits per heavy atom. The molecule has 1 fully saturated rings. The van der Waals surface area contributed by atoms with Gasteiger partial charge < -0.3 is 14.2 Å². The lowest BCUT2D eigenvalue weighted by molar-refractivity contribution is -0.131. The minimum atomic E-state index is 0.145. The number of hydrogen-bond acceptors (Lipinski definition) is 5. The highest BCUT2D eigenvalue weighted by molar-refractivity contribution is 6.32. The van der Waals surface area contributed by atoms with Crippen LogP contribution >= 0.6 is 11.6 Å². The third-order valence-electron chi connectivity index (χ3n) is 4.26. The highest BCUT2D eigenvalue weighted by atomic mass is 35.5. The van der Waals surface area contributed by atoms with Gasteiger partial charge in [-0.05, 0) is 17.7 Å². The molecule has 1 amide bonds. The van der Waals surface area contributed by atoms with Crippen molar-refractivity contribution in [2.45, 2.75) is 13.3 Å². The summed E-state index contributed by atoms with van der Waals surface area (Å²) in [6, 6.07) is 9.53. The van der Waals surface area contributed by atoms with Gasteiger partial charge in [0.15, 0.2) is 0 Å². The molecular weight excluding hydrogens is 352 g/mol. The molecule has 1 aromatic carbocycles. The fraction of sp³-hybridized carbons (Fsp3) is 0.316. The molecule has 3 rings (SSSR count). The molecule has 1 saturated heterocycles. The minimum Gasteiger partial charge on any atom is -0.420 e. The summed E-state index contributed by atoms with van der Waals surface area (Å²) in [7, 11) is 0. The van der Waals surface area contributed by atoms with E-state index >= 15 is 0 Å². The van der Waals surface area contributed by atoms with Crippen molar-refractivity contribution in [2.75, 3.05) is 31.1 Å². The van der Waals surface area contributed by atoms with Crippen molar-refractivity contribution in [2.24, 2.45) is 0 Å². The van der Waals surface area contributed by atoms with Crippen LogP contribution in [0.25, 0.3) is 12.2 Å². The molecule has 26 heavy (non-hydrogen) atoms. The van der Waals surface area contributed by atoms with Gasteiger partial charge in [0.2, 0.25) is 23.4 Å². The number of amides is 1. The van der Waals surface area contributed by atoms with Crippen molar-refractivity contribution in [1.82, 2.24) is 9.88 Å². The van der Waals surface area contributed by atoms with Crippen molar-refractivity contribution >= 4 is 35.5 Å². The number of nitriles is 1. The maximum atomic E-state index is 11.8. The summed E-state index contributed by atoms with van der Waals surface area (Å²) in [4.78, 5) is 19.8. The summed E-state index contributed by atoms with van der Waals surface area (Å²) in [6.45, 7) is 4.31. The average molecular weight is 371 g/mol. The molecule has 0 atom stereocenters. The lowest BCUT2D eigenvalue weighted by Gasteiger charge is -2.34. The molecule has 1 aliphatic rings. The van der Waals surface area contributed by atoms with Gasteiger partial charge in [-0.1, -0.05) is 36.7 Å². The number of benzene rings is 1. The van der Waals surface area contributed by atoms with Crippen molar-refractivity contribution in [3.8, 4) is 6.07 Å². The van der Waals surface area contributed by atoms with E-state index < -0.39 is 0 Å². The van der Waals surface area contributed by atoms with Crippen molar-refractivity contribution in [3.63, 3.8) is 0 Å². The number of carbonyl (C=O) groups excluding carboxylic acids is 1. The van der Waals surface area contributed by atoms with Crippen molar-refractivity contribution in [1.29, 1.82) is 5.26 Å². The zero-order chi connectivity index (χ0) is 18.5. The van der Waals surface area contributed by atoms with E-state index in [-0.39, 0.29) is 11.6 Å². The summed E-state index contributed by atoms with van der Waals surface area (Å²) in [6.07, 6.45) is 4.00. The fourth-order valence-corrected chi connectivity index (χ4v) is 3.04. The summed E-state index contributed by atoms with van der Waals surface area (Å²) in [5, 5.41) is 9.99. The number of aromatic nitrogens is 1. The first-order valence-corrected chi connectivity index (χ1v) is 8.86. The number of rotatable bonds is 4. The van der Waals surface area contributed by atoms with E-state index in [9.17, 15) is 10.1 Å². The second-order valence-electron chi connectivity index (χ2n) is 5.89. The monoisotopic (exact) mass is 370 g/mol. The smallest absolute Gasteiger partial charge is 0.235 e. The third kappa shape index (κ3) is 3.89. The number of hydrogen-bond donors (Lipinski definition) is 0. The van der Waals surface area contributed by atoms with E-state index in [4.69, 9.17) is 16.0 Å². The Labute approximate surface area is 157 Å². The highest BCUT2D eigenvalue weighted by Crippen LogP contribution is 2.25. The number of nitrogens with zero attached hydrogens (tertiary/aromatic N) is 4. The zero-order valence-corrected chi connectivity index (χ0v) is 15.2. The first kappa shape index (κ1) is 18.0. The highest BCUT2D eigenvalue weighted by Gasteiger charge is 2.25. The van der Waals surface area contributed by atoms with Gasteiger partial charge in [-0.3, -0.25) is 4.79 Å². The van der Waals surface area contributed by atoms with E-state index in [2.05, 4.69) is 11.1 Å². The van der Waals surface area contributed by atoms with Crippen LogP contribution in [0.4, 0.5) is 5.88 Å². The van der Waals surface area contributed by atoms with Gasteiger partial charge in [0.1, 0.15) is 6.07 Å². The van der Waals surface area contributed by atoms with E-state index in [0.29, 0.717) is 49.4 Å². The lowest BCUT2D eigenvalue weighted by atomic mass is 10.2. The molecule has 0 radical (unpaired) electrons. The normalized spacial score (nSPS) is 14.7. The number of carbonyl (C=O) groups is 1. The molecule has 0 saturated carbocycles. The predicted octanol–water partition coefficient (Wildman–Crippen LogP) is 3.43. The summed E-state index contributed by atoms with van der Waals surface area (Å²) in [5.74, 6) is 0.949. The van der Waals surface area contributed by atoms with Gasteiger partial charge in [0, 0.05) is 43.7 Å². The van der Waals surface area contributed by atoms with Crippen LogP contribution in [0, 0.1) is 11.3 Å². The number of piperazine rings is 1. The van der Waals surface area contributed by atoms with Crippen molar-refractivity contribution < 1.29 is 9.21 Å². The van der Waals surface area contributed by atoms with Gasteiger partial charge in [0.05, 0.1) is 0 Å². The Morgan fingerprint density at radius 3 is 2.69 bits per heavy atom. The Kier molecular flexibility index (Phi) is 5.59. The Bertz CT molecular complexity index is 861. The van der Waals surface area contributed by atoms with Crippen LogP contribution in [-0.4, -0.2) is 42.0 Å². The lowest BCUT2D eigenvalue weighted by Crippen LogP contribution is -2.48. The number of oxazole rings is 1. The quantitative estimate of drug-likeness (QED) is 0.824. The molecule has 2 heterocycles. The second kappa shape index (κ2) is 8.07. The van der Waals surface area contributed by atoms with Crippen LogP contribution in [-0.2, 0) is 4.79 Å².